The van der Waals surface area contributed by atoms with Gasteiger partial charge in [0.05, 0.1) is 18.7 Å². The predicted molar refractivity (Wildman–Crippen MR) is 158 cm³/mol. The summed E-state index contributed by atoms with van der Waals surface area (Å²) in [5.41, 5.74) is 4.02. The largest absolute Gasteiger partial charge is 0.508 e. The number of carbonyl (C=O) groups is 4. The summed E-state index contributed by atoms with van der Waals surface area (Å²) in [6.45, 7) is 0.0194. The van der Waals surface area contributed by atoms with E-state index >= 15 is 0 Å². The smallest absolute Gasteiger partial charge is 0.255 e. The Labute approximate surface area is 252 Å². The highest BCUT2D eigenvalue weighted by molar-refractivity contribution is 6.24. The van der Waals surface area contributed by atoms with Crippen LogP contribution in [0.3, 0.4) is 0 Å². The van der Waals surface area contributed by atoms with Crippen molar-refractivity contribution in [2.75, 3.05) is 40.1 Å². The zero-order valence-corrected chi connectivity index (χ0v) is 24.6. The summed E-state index contributed by atoms with van der Waals surface area (Å²) in [5, 5.41) is 49.1. The maximum Gasteiger partial charge on any atom is 0.255 e. The number of aliphatic hydroxyl groups is 3. The number of nitrogens with one attached hydrogen (secondary N) is 1. The minimum absolute atomic E-state index is 0.00114. The third-order valence-corrected chi connectivity index (χ3v) is 8.76. The Kier molecular flexibility index (Phi) is 7.84. The summed E-state index contributed by atoms with van der Waals surface area (Å²) in [6.07, 6.45) is 0.141. The number of aliphatic hydroxyl groups excluding tert-OH is 2. The topological polar surface area (TPSA) is 203 Å². The molecule has 0 aliphatic heterocycles. The number of hydrogen-bond acceptors (Lipinski definition) is 11. The molecule has 44 heavy (non-hydrogen) atoms. The molecule has 5 rings (SSSR count). The Morgan fingerprint density at radius 3 is 2.32 bits per heavy atom. The second-order valence-corrected chi connectivity index (χ2v) is 11.5. The number of Topliss-reactive ketones (excluding diaryl/α,β-unsaturated/α-hetero) is 2. The first-order chi connectivity index (χ1) is 20.7. The second kappa shape index (κ2) is 11.2. The van der Waals surface area contributed by atoms with Crippen LogP contribution in [0, 0.1) is 11.8 Å². The first kappa shape index (κ1) is 30.9. The molecule has 0 aromatic heterocycles. The van der Waals surface area contributed by atoms with Crippen molar-refractivity contribution < 1.29 is 44.4 Å². The molecule has 3 aliphatic rings. The van der Waals surface area contributed by atoms with E-state index in [4.69, 9.17) is 10.6 Å². The summed E-state index contributed by atoms with van der Waals surface area (Å²) in [7, 11) is 6.17. The fourth-order valence-electron chi connectivity index (χ4n) is 6.71. The number of phenols is 1. The van der Waals surface area contributed by atoms with E-state index in [0.29, 0.717) is 22.4 Å². The fraction of sp³-hybridized carbons (Fsp3) is 0.355. The van der Waals surface area contributed by atoms with Crippen molar-refractivity contribution in [1.29, 1.82) is 0 Å². The molecule has 0 heterocycles. The summed E-state index contributed by atoms with van der Waals surface area (Å²) < 4.78 is 0. The molecule has 0 bridgehead atoms. The van der Waals surface area contributed by atoms with E-state index in [1.54, 1.807) is 51.5 Å². The average Bonchev–Trinajstić information content (AvgIpc) is 2.95. The summed E-state index contributed by atoms with van der Waals surface area (Å²) >= 11 is 0. The molecule has 2 aromatic rings. The van der Waals surface area contributed by atoms with E-state index in [1.807, 2.05) is 0 Å². The van der Waals surface area contributed by atoms with Crippen LogP contribution in [0.2, 0.25) is 0 Å². The summed E-state index contributed by atoms with van der Waals surface area (Å²) in [6, 6.07) is 8.81. The highest BCUT2D eigenvalue weighted by Gasteiger charge is 2.64. The van der Waals surface area contributed by atoms with Crippen molar-refractivity contribution >= 4 is 34.8 Å². The van der Waals surface area contributed by atoms with Crippen LogP contribution in [-0.4, -0.2) is 100 Å². The number of hydrogen-bond donors (Lipinski definition) is 6. The van der Waals surface area contributed by atoms with Crippen molar-refractivity contribution in [3.63, 3.8) is 0 Å². The van der Waals surface area contributed by atoms with E-state index in [0.717, 1.165) is 0 Å². The number of fused-ring (bicyclic) bond motifs is 3. The fourth-order valence-corrected chi connectivity index (χ4v) is 6.71. The molecule has 232 valence electrons. The molecule has 13 nitrogen and oxygen atoms in total. The molecule has 7 N–H and O–H groups in total. The molecule has 2 aromatic carbocycles. The first-order valence-electron chi connectivity index (χ1n) is 13.9. The van der Waals surface area contributed by atoms with Gasteiger partial charge < -0.3 is 36.3 Å². The zero-order chi connectivity index (χ0) is 32.2. The quantitative estimate of drug-likeness (QED) is 0.194. The standard InChI is InChI=1S/C31H34N4O9/c1-34(2)25-19-12-15-11-18-17(14-5-7-16(8-6-14)33-21(37)13-35(3)44-4)9-10-20(36)23(18)26(38)22(15)28(40)31(19,43)29(41)24(27(25)39)30(32)42/h5-10,15,19,25,36,38,41,43H,11-13H2,1-4H3,(H2,32,42)(H,33,37)/t15-,19-,25+,31-/m0/s1. The number of carbonyl (C=O) groups excluding carboxylic acids is 4. The Balaban J connectivity index is 1.58. The van der Waals surface area contributed by atoms with Crippen LogP contribution in [0.5, 0.6) is 5.75 Å². The molecular weight excluding hydrogens is 572 g/mol. The molecule has 0 unspecified atom stereocenters. The van der Waals surface area contributed by atoms with Crippen molar-refractivity contribution in [2.24, 2.45) is 17.6 Å². The van der Waals surface area contributed by atoms with E-state index in [1.165, 1.54) is 23.1 Å². The molecule has 0 radical (unpaired) electrons. The van der Waals surface area contributed by atoms with E-state index in [2.05, 4.69) is 5.32 Å². The van der Waals surface area contributed by atoms with Crippen molar-refractivity contribution in [3.05, 3.63) is 64.4 Å². The van der Waals surface area contributed by atoms with Gasteiger partial charge in [-0.1, -0.05) is 18.2 Å². The maximum absolute atomic E-state index is 14.0. The normalized spacial score (nSPS) is 24.8. The number of phenolic OH excluding ortho intramolecular Hbond substituents is 1. The maximum atomic E-state index is 14.0. The SMILES string of the molecule is CON(C)CC(=O)Nc1ccc(-c2ccc(O)c3c2C[C@H]2C[C@H]4[C@@H](N(C)C)C(=O)C(C(N)=O)=C(O)[C@@]4(O)C(=O)C2=C3O)cc1. The van der Waals surface area contributed by atoms with Crippen LogP contribution in [0.25, 0.3) is 16.9 Å². The number of likely N-dealkylation sites (N-methyl/N-ethyl adjacent to an activating group) is 2. The molecule has 2 amide bonds. The lowest BCUT2D eigenvalue weighted by Crippen LogP contribution is -2.65. The number of ketones is 2. The Hall–Kier alpha value is -4.56. The number of hydroxylamine groups is 2. The van der Waals surface area contributed by atoms with Gasteiger partial charge in [-0.2, -0.15) is 5.06 Å². The van der Waals surface area contributed by atoms with Crippen LogP contribution in [0.1, 0.15) is 17.5 Å². The lowest BCUT2D eigenvalue weighted by molar-refractivity contribution is -0.153. The van der Waals surface area contributed by atoms with E-state index in [-0.39, 0.29) is 42.2 Å². The number of primary amides is 1. The summed E-state index contributed by atoms with van der Waals surface area (Å²) in [5.74, 6) is -7.31. The number of aromatic hydroxyl groups is 1. The van der Waals surface area contributed by atoms with E-state index < -0.39 is 58.0 Å². The highest BCUT2D eigenvalue weighted by Crippen LogP contribution is 2.53. The molecular formula is C31H34N4O9. The van der Waals surface area contributed by atoms with E-state index in [9.17, 15) is 39.6 Å². The molecule has 4 atom stereocenters. The number of nitrogens with zero attached hydrogens (tertiary/aromatic N) is 2. The molecule has 0 spiro atoms. The minimum atomic E-state index is -2.70. The van der Waals surface area contributed by atoms with Crippen molar-refractivity contribution in [2.45, 2.75) is 24.5 Å². The van der Waals surface area contributed by atoms with Gasteiger partial charge in [-0.05, 0) is 67.7 Å². The van der Waals surface area contributed by atoms with Crippen molar-refractivity contribution in [1.82, 2.24) is 9.96 Å². The molecule has 0 saturated heterocycles. The summed E-state index contributed by atoms with van der Waals surface area (Å²) in [4.78, 5) is 58.1. The molecule has 3 aliphatic carbocycles. The van der Waals surface area contributed by atoms with Crippen LogP contribution >= 0.6 is 0 Å². The molecule has 13 heteroatoms. The Bertz CT molecular complexity index is 1650. The van der Waals surface area contributed by atoms with Gasteiger partial charge in [-0.3, -0.25) is 24.1 Å². The van der Waals surface area contributed by atoms with Crippen LogP contribution < -0.4 is 11.1 Å². The van der Waals surface area contributed by atoms with Crippen LogP contribution in [0.4, 0.5) is 5.69 Å². The highest BCUT2D eigenvalue weighted by atomic mass is 16.7. The third-order valence-electron chi connectivity index (χ3n) is 8.76. The Morgan fingerprint density at radius 2 is 1.73 bits per heavy atom. The van der Waals surface area contributed by atoms with Gasteiger partial charge >= 0.3 is 0 Å². The number of nitrogens with two attached hydrogens (primary N) is 1. The van der Waals surface area contributed by atoms with Crippen LogP contribution in [-0.2, 0) is 30.4 Å². The zero-order valence-electron chi connectivity index (χ0n) is 24.6. The molecule has 1 fully saturated rings. The molecule has 1 saturated carbocycles. The number of anilines is 1. The van der Waals surface area contributed by atoms with Gasteiger partial charge in [0.15, 0.2) is 11.4 Å². The lowest BCUT2D eigenvalue weighted by atomic mass is 9.57. The third kappa shape index (κ3) is 4.74. The van der Waals surface area contributed by atoms with Crippen molar-refractivity contribution in [3.8, 4) is 16.9 Å². The van der Waals surface area contributed by atoms with Gasteiger partial charge in [0.1, 0.15) is 29.4 Å². The monoisotopic (exact) mass is 606 g/mol. The Morgan fingerprint density at radius 1 is 1.07 bits per heavy atom. The van der Waals surface area contributed by atoms with Gasteiger partial charge in [-0.25, -0.2) is 0 Å². The first-order valence-corrected chi connectivity index (χ1v) is 13.9. The van der Waals surface area contributed by atoms with Gasteiger partial charge in [0, 0.05) is 24.2 Å². The van der Waals surface area contributed by atoms with Gasteiger partial charge in [0.25, 0.3) is 5.91 Å². The predicted octanol–water partition coefficient (Wildman–Crippen LogP) is 1.06. The lowest BCUT2D eigenvalue weighted by Gasteiger charge is -2.50. The number of amides is 2. The average molecular weight is 607 g/mol. The second-order valence-electron chi connectivity index (χ2n) is 11.5. The minimum Gasteiger partial charge on any atom is -0.508 e. The van der Waals surface area contributed by atoms with Gasteiger partial charge in [-0.15, -0.1) is 0 Å². The number of benzene rings is 2. The number of rotatable bonds is 7. The van der Waals surface area contributed by atoms with Gasteiger partial charge in [0.2, 0.25) is 11.7 Å². The van der Waals surface area contributed by atoms with Crippen LogP contribution in [0.15, 0.2) is 53.3 Å².